The van der Waals surface area contributed by atoms with E-state index in [0.717, 1.165) is 11.8 Å². The molecule has 1 aromatic heterocycles. The maximum atomic E-state index is 2.35. The molecule has 1 aliphatic carbocycles. The standard InChI is InChI=1S/C7H14.C6H9N/c2*1-6-3-4-7(2)5-6/h6-7H,3-5H2,1-2H3;3-5H,1-2H3. The number of rotatable bonds is 0. The highest BCUT2D eigenvalue weighted by atomic mass is 14.9. The molecule has 80 valence electrons. The minimum atomic E-state index is 1.02. The van der Waals surface area contributed by atoms with E-state index in [1.807, 2.05) is 17.8 Å². The summed E-state index contributed by atoms with van der Waals surface area (Å²) in [7, 11) is 2.02. The number of hydrogen-bond acceptors (Lipinski definition) is 0. The van der Waals surface area contributed by atoms with Gasteiger partial charge < -0.3 is 4.57 Å². The van der Waals surface area contributed by atoms with Crippen molar-refractivity contribution < 1.29 is 0 Å². The highest BCUT2D eigenvalue weighted by Crippen LogP contribution is 2.29. The van der Waals surface area contributed by atoms with E-state index in [9.17, 15) is 0 Å². The van der Waals surface area contributed by atoms with Crippen molar-refractivity contribution in [3.63, 3.8) is 0 Å². The lowest BCUT2D eigenvalue weighted by molar-refractivity contribution is 0.555. The van der Waals surface area contributed by atoms with E-state index in [1.54, 1.807) is 0 Å². The maximum Gasteiger partial charge on any atom is 0.0106 e. The molecule has 0 aromatic carbocycles. The largest absolute Gasteiger partial charge is 0.357 e. The van der Waals surface area contributed by atoms with Crippen LogP contribution in [0.1, 0.15) is 38.7 Å². The average Bonchev–Trinajstić information content (AvgIpc) is 2.63. The van der Waals surface area contributed by atoms with E-state index in [-0.39, 0.29) is 0 Å². The normalized spacial score (nSPS) is 25.7. The van der Waals surface area contributed by atoms with Crippen LogP contribution in [0.2, 0.25) is 0 Å². The van der Waals surface area contributed by atoms with Gasteiger partial charge in [0.05, 0.1) is 0 Å². The summed E-state index contributed by atoms with van der Waals surface area (Å²) in [4.78, 5) is 0. The molecule has 0 amide bonds. The summed E-state index contributed by atoms with van der Waals surface area (Å²) >= 11 is 0. The maximum absolute atomic E-state index is 2.35. The Bertz CT molecular complexity index is 237. The van der Waals surface area contributed by atoms with Gasteiger partial charge in [-0.05, 0) is 36.8 Å². The number of aryl methyl sites for hydroxylation is 2. The van der Waals surface area contributed by atoms with Crippen LogP contribution in [-0.2, 0) is 7.05 Å². The van der Waals surface area contributed by atoms with Crippen molar-refractivity contribution in [1.82, 2.24) is 4.57 Å². The summed E-state index contributed by atoms with van der Waals surface area (Å²) in [6.07, 6.45) is 8.54. The predicted molar refractivity (Wildman–Crippen MR) is 62.3 cm³/mol. The van der Waals surface area contributed by atoms with E-state index in [1.165, 1.54) is 24.8 Å². The first-order chi connectivity index (χ1) is 6.58. The van der Waals surface area contributed by atoms with Gasteiger partial charge in [-0.15, -0.1) is 0 Å². The highest BCUT2D eigenvalue weighted by molar-refractivity contribution is 5.06. The summed E-state index contributed by atoms with van der Waals surface area (Å²) in [5, 5.41) is 0. The molecule has 1 heterocycles. The first-order valence-electron chi connectivity index (χ1n) is 5.66. The summed E-state index contributed by atoms with van der Waals surface area (Å²) in [5.74, 6) is 2.05. The molecule has 1 aromatic rings. The van der Waals surface area contributed by atoms with E-state index in [0.29, 0.717) is 0 Å². The Hall–Kier alpha value is -0.720. The third-order valence-corrected chi connectivity index (χ3v) is 2.94. The molecule has 2 rings (SSSR count). The van der Waals surface area contributed by atoms with Gasteiger partial charge >= 0.3 is 0 Å². The minimum Gasteiger partial charge on any atom is -0.357 e. The molecule has 1 fully saturated rings. The molecular weight excluding hydrogens is 170 g/mol. The van der Waals surface area contributed by atoms with Crippen LogP contribution in [0.3, 0.4) is 0 Å². The molecular formula is C13H23N. The van der Waals surface area contributed by atoms with Crippen LogP contribution >= 0.6 is 0 Å². The Labute approximate surface area is 88.1 Å². The van der Waals surface area contributed by atoms with Gasteiger partial charge in [0.1, 0.15) is 0 Å². The number of nitrogens with zero attached hydrogens (tertiary/aromatic N) is 1. The zero-order valence-electron chi connectivity index (χ0n) is 9.96. The summed E-state index contributed by atoms with van der Waals surface area (Å²) < 4.78 is 2.04. The third kappa shape index (κ3) is 3.99. The van der Waals surface area contributed by atoms with Crippen LogP contribution in [0.15, 0.2) is 18.5 Å². The Morgan fingerprint density at radius 2 is 1.79 bits per heavy atom. The van der Waals surface area contributed by atoms with Crippen LogP contribution in [0.4, 0.5) is 0 Å². The molecule has 0 saturated heterocycles. The molecule has 0 aliphatic heterocycles. The molecule has 14 heavy (non-hydrogen) atoms. The summed E-state index contributed by atoms with van der Waals surface area (Å²) in [6, 6.07) is 2.08. The van der Waals surface area contributed by atoms with Crippen molar-refractivity contribution in [1.29, 1.82) is 0 Å². The predicted octanol–water partition coefficient (Wildman–Crippen LogP) is 3.78. The van der Waals surface area contributed by atoms with Crippen molar-refractivity contribution in [2.75, 3.05) is 0 Å². The van der Waals surface area contributed by atoms with E-state index < -0.39 is 0 Å². The molecule has 0 radical (unpaired) electrons. The molecule has 0 bridgehead atoms. The quantitative estimate of drug-likeness (QED) is 0.591. The molecule has 0 N–H and O–H groups in total. The van der Waals surface area contributed by atoms with Crippen molar-refractivity contribution in [3.05, 3.63) is 24.0 Å². The Balaban J connectivity index is 0.000000140. The fourth-order valence-electron chi connectivity index (χ4n) is 2.13. The van der Waals surface area contributed by atoms with Crippen LogP contribution < -0.4 is 0 Å². The first kappa shape index (κ1) is 11.4. The average molecular weight is 193 g/mol. The zero-order chi connectivity index (χ0) is 10.6. The fraction of sp³-hybridized carbons (Fsp3) is 0.692. The second-order valence-electron chi connectivity index (χ2n) is 4.88. The van der Waals surface area contributed by atoms with Gasteiger partial charge in [0.2, 0.25) is 0 Å². The van der Waals surface area contributed by atoms with E-state index in [4.69, 9.17) is 0 Å². The SMILES string of the molecule is CC1CCC(C)C1.Cc1ccn(C)c1. The molecule has 0 spiro atoms. The summed E-state index contributed by atoms with van der Waals surface area (Å²) in [6.45, 7) is 6.78. The Morgan fingerprint density at radius 3 is 1.93 bits per heavy atom. The second-order valence-corrected chi connectivity index (χ2v) is 4.88. The van der Waals surface area contributed by atoms with Gasteiger partial charge in [0.15, 0.2) is 0 Å². The van der Waals surface area contributed by atoms with Gasteiger partial charge in [-0.1, -0.05) is 26.7 Å². The Morgan fingerprint density at radius 1 is 1.21 bits per heavy atom. The fourth-order valence-corrected chi connectivity index (χ4v) is 2.13. The van der Waals surface area contributed by atoms with Crippen LogP contribution in [0, 0.1) is 18.8 Å². The molecule has 2 unspecified atom stereocenters. The van der Waals surface area contributed by atoms with Crippen molar-refractivity contribution in [2.24, 2.45) is 18.9 Å². The molecule has 1 aliphatic rings. The third-order valence-electron chi connectivity index (χ3n) is 2.94. The number of hydrogen-bond donors (Lipinski definition) is 0. The molecule has 1 saturated carbocycles. The Kier molecular flexibility index (Phi) is 4.24. The van der Waals surface area contributed by atoms with E-state index >= 15 is 0 Å². The van der Waals surface area contributed by atoms with Gasteiger partial charge in [-0.2, -0.15) is 0 Å². The lowest BCUT2D eigenvalue weighted by atomic mass is 10.1. The minimum absolute atomic E-state index is 1.02. The van der Waals surface area contributed by atoms with Gasteiger partial charge in [-0.25, -0.2) is 0 Å². The highest BCUT2D eigenvalue weighted by Gasteiger charge is 2.15. The molecule has 1 heteroatoms. The van der Waals surface area contributed by atoms with Crippen molar-refractivity contribution >= 4 is 0 Å². The monoisotopic (exact) mass is 193 g/mol. The topological polar surface area (TPSA) is 4.93 Å². The van der Waals surface area contributed by atoms with Crippen LogP contribution in [-0.4, -0.2) is 4.57 Å². The van der Waals surface area contributed by atoms with Crippen molar-refractivity contribution in [2.45, 2.75) is 40.0 Å². The van der Waals surface area contributed by atoms with Crippen LogP contribution in [0.25, 0.3) is 0 Å². The zero-order valence-corrected chi connectivity index (χ0v) is 9.96. The van der Waals surface area contributed by atoms with Crippen LogP contribution in [0.5, 0.6) is 0 Å². The van der Waals surface area contributed by atoms with Gasteiger partial charge in [-0.3, -0.25) is 0 Å². The second kappa shape index (κ2) is 5.23. The smallest absolute Gasteiger partial charge is 0.0106 e. The summed E-state index contributed by atoms with van der Waals surface area (Å²) in [5.41, 5.74) is 1.32. The first-order valence-corrected chi connectivity index (χ1v) is 5.66. The lowest BCUT2D eigenvalue weighted by Crippen LogP contribution is -1.84. The molecule has 2 atom stereocenters. The van der Waals surface area contributed by atoms with Gasteiger partial charge in [0.25, 0.3) is 0 Å². The number of aromatic nitrogens is 1. The van der Waals surface area contributed by atoms with Gasteiger partial charge in [0, 0.05) is 19.4 Å². The lowest BCUT2D eigenvalue weighted by Gasteiger charge is -1.96. The van der Waals surface area contributed by atoms with E-state index in [2.05, 4.69) is 33.0 Å². The van der Waals surface area contributed by atoms with Crippen molar-refractivity contribution in [3.8, 4) is 0 Å². The molecule has 1 nitrogen and oxygen atoms in total.